The molecule has 0 radical (unpaired) electrons. The van der Waals surface area contributed by atoms with E-state index >= 15 is 0 Å². The Balaban J connectivity index is 1.44. The first-order valence-corrected chi connectivity index (χ1v) is 9.64. The van der Waals surface area contributed by atoms with Gasteiger partial charge < -0.3 is 15.5 Å². The first kappa shape index (κ1) is 19.0. The lowest BCUT2D eigenvalue weighted by atomic mass is 10.2. The lowest BCUT2D eigenvalue weighted by Crippen LogP contribution is -2.50. The maximum absolute atomic E-state index is 13.1. The molecule has 9 nitrogen and oxygen atoms in total. The third-order valence-corrected chi connectivity index (χ3v) is 5.64. The molecule has 29 heavy (non-hydrogen) atoms. The van der Waals surface area contributed by atoms with Crippen LogP contribution in [0.1, 0.15) is 10.5 Å². The van der Waals surface area contributed by atoms with Crippen LogP contribution in [0.2, 0.25) is 0 Å². The standard InChI is InChI=1S/C18H17FN6O3S/c19-11-1-3-12(4-2-11)23-5-7-24(8-6-23)13(26)9-25-10-21-14-15(17(20)27)22-29-16(14)18(25)28/h1-4,10H,5-9H2,(H2,20,27). The molecule has 0 saturated carbocycles. The summed E-state index contributed by atoms with van der Waals surface area (Å²) in [5.41, 5.74) is 5.81. The first-order chi connectivity index (χ1) is 13.9. The Morgan fingerprint density at radius 1 is 1.14 bits per heavy atom. The summed E-state index contributed by atoms with van der Waals surface area (Å²) in [7, 11) is 0. The second kappa shape index (κ2) is 7.59. The van der Waals surface area contributed by atoms with Gasteiger partial charge in [-0.25, -0.2) is 9.37 Å². The second-order valence-corrected chi connectivity index (χ2v) is 7.37. The van der Waals surface area contributed by atoms with Crippen LogP contribution in [0.4, 0.5) is 10.1 Å². The second-order valence-electron chi connectivity index (χ2n) is 6.60. The molecular formula is C18H17FN6O3S. The average Bonchev–Trinajstić information content (AvgIpc) is 3.16. The van der Waals surface area contributed by atoms with Gasteiger partial charge in [0.2, 0.25) is 5.91 Å². The normalized spacial score (nSPS) is 14.4. The minimum atomic E-state index is -0.754. The van der Waals surface area contributed by atoms with Crippen LogP contribution in [0, 0.1) is 5.82 Å². The lowest BCUT2D eigenvalue weighted by Gasteiger charge is -2.36. The maximum atomic E-state index is 13.1. The molecule has 1 aliphatic heterocycles. The van der Waals surface area contributed by atoms with E-state index in [0.29, 0.717) is 26.2 Å². The summed E-state index contributed by atoms with van der Waals surface area (Å²) in [5, 5.41) is 0. The number of amides is 2. The monoisotopic (exact) mass is 416 g/mol. The van der Waals surface area contributed by atoms with Crippen molar-refractivity contribution < 1.29 is 14.0 Å². The van der Waals surface area contributed by atoms with Crippen LogP contribution >= 0.6 is 11.5 Å². The summed E-state index contributed by atoms with van der Waals surface area (Å²) in [6, 6.07) is 6.24. The van der Waals surface area contributed by atoms with E-state index in [-0.39, 0.29) is 34.2 Å². The molecule has 1 aromatic carbocycles. The van der Waals surface area contributed by atoms with Crippen molar-refractivity contribution in [1.29, 1.82) is 0 Å². The van der Waals surface area contributed by atoms with Crippen LogP contribution in [0.25, 0.3) is 10.2 Å². The maximum Gasteiger partial charge on any atom is 0.273 e. The Labute approximate surface area is 168 Å². The molecule has 3 heterocycles. The zero-order chi connectivity index (χ0) is 20.5. The minimum Gasteiger partial charge on any atom is -0.368 e. The van der Waals surface area contributed by atoms with Crippen molar-refractivity contribution in [3.05, 3.63) is 52.5 Å². The summed E-state index contributed by atoms with van der Waals surface area (Å²) in [6.07, 6.45) is 1.23. The number of nitrogens with two attached hydrogens (primary N) is 1. The Bertz CT molecular complexity index is 1130. The molecule has 0 unspecified atom stereocenters. The number of carbonyl (C=O) groups is 2. The highest BCUT2D eigenvalue weighted by Gasteiger charge is 2.23. The Kier molecular flexibility index (Phi) is 4.97. The number of anilines is 1. The van der Waals surface area contributed by atoms with Gasteiger partial charge in [-0.15, -0.1) is 0 Å². The molecule has 2 aromatic heterocycles. The number of benzene rings is 1. The van der Waals surface area contributed by atoms with Crippen LogP contribution in [0.5, 0.6) is 0 Å². The van der Waals surface area contributed by atoms with E-state index in [1.807, 2.05) is 0 Å². The SMILES string of the molecule is NC(=O)c1nsc2c(=O)n(CC(=O)N3CCN(c4ccc(F)cc4)CC3)cnc12. The number of rotatable bonds is 4. The van der Waals surface area contributed by atoms with E-state index in [4.69, 9.17) is 5.73 Å². The predicted octanol–water partition coefficient (Wildman–Crippen LogP) is 0.440. The number of hydrogen-bond acceptors (Lipinski definition) is 7. The lowest BCUT2D eigenvalue weighted by molar-refractivity contribution is -0.132. The number of halogens is 1. The highest BCUT2D eigenvalue weighted by atomic mass is 32.1. The smallest absolute Gasteiger partial charge is 0.273 e. The largest absolute Gasteiger partial charge is 0.368 e. The van der Waals surface area contributed by atoms with Gasteiger partial charge in [-0.3, -0.25) is 19.0 Å². The molecule has 1 fully saturated rings. The number of aromatic nitrogens is 3. The van der Waals surface area contributed by atoms with Crippen LogP contribution < -0.4 is 16.2 Å². The van der Waals surface area contributed by atoms with Gasteiger partial charge in [0.15, 0.2) is 5.69 Å². The fourth-order valence-electron chi connectivity index (χ4n) is 3.24. The third kappa shape index (κ3) is 3.68. The first-order valence-electron chi connectivity index (χ1n) is 8.87. The number of nitrogens with zero attached hydrogens (tertiary/aromatic N) is 5. The third-order valence-electron chi connectivity index (χ3n) is 4.81. The van der Waals surface area contributed by atoms with Crippen LogP contribution in [0.15, 0.2) is 35.4 Å². The number of hydrogen-bond donors (Lipinski definition) is 1. The van der Waals surface area contributed by atoms with E-state index in [9.17, 15) is 18.8 Å². The fraction of sp³-hybridized carbons (Fsp3) is 0.278. The summed E-state index contributed by atoms with van der Waals surface area (Å²) >= 11 is 0.840. The van der Waals surface area contributed by atoms with Gasteiger partial charge >= 0.3 is 0 Å². The molecule has 1 aliphatic rings. The number of primary amides is 1. The quantitative estimate of drug-likeness (QED) is 0.660. The number of piperazine rings is 1. The van der Waals surface area contributed by atoms with Crippen molar-refractivity contribution in [1.82, 2.24) is 18.8 Å². The molecule has 4 rings (SSSR count). The molecule has 2 amide bonds. The molecular weight excluding hydrogens is 399 g/mol. The molecule has 11 heteroatoms. The summed E-state index contributed by atoms with van der Waals surface area (Å²) < 4.78 is 18.3. The van der Waals surface area contributed by atoms with Gasteiger partial charge in [0, 0.05) is 31.9 Å². The topological polar surface area (TPSA) is 114 Å². The highest BCUT2D eigenvalue weighted by Crippen LogP contribution is 2.18. The van der Waals surface area contributed by atoms with Gasteiger partial charge in [0.25, 0.3) is 11.5 Å². The molecule has 0 bridgehead atoms. The van der Waals surface area contributed by atoms with Gasteiger partial charge in [-0.05, 0) is 35.8 Å². The Morgan fingerprint density at radius 2 is 1.83 bits per heavy atom. The zero-order valence-corrected chi connectivity index (χ0v) is 16.1. The van der Waals surface area contributed by atoms with E-state index in [1.54, 1.807) is 17.0 Å². The number of carbonyl (C=O) groups excluding carboxylic acids is 2. The predicted molar refractivity (Wildman–Crippen MR) is 105 cm³/mol. The zero-order valence-electron chi connectivity index (χ0n) is 15.2. The Hall–Kier alpha value is -3.34. The van der Waals surface area contributed by atoms with Crippen molar-refractivity contribution in [2.75, 3.05) is 31.1 Å². The molecule has 0 aliphatic carbocycles. The molecule has 150 valence electrons. The van der Waals surface area contributed by atoms with Crippen molar-refractivity contribution in [3.63, 3.8) is 0 Å². The highest BCUT2D eigenvalue weighted by molar-refractivity contribution is 7.13. The number of fused-ring (bicyclic) bond motifs is 1. The van der Waals surface area contributed by atoms with Crippen LogP contribution in [-0.2, 0) is 11.3 Å². The molecule has 2 N–H and O–H groups in total. The fourth-order valence-corrected chi connectivity index (χ4v) is 4.03. The molecule has 3 aromatic rings. The van der Waals surface area contributed by atoms with E-state index in [0.717, 1.165) is 17.2 Å². The van der Waals surface area contributed by atoms with Gasteiger partial charge in [-0.1, -0.05) is 0 Å². The summed E-state index contributed by atoms with van der Waals surface area (Å²) in [4.78, 5) is 44.4. The average molecular weight is 416 g/mol. The summed E-state index contributed by atoms with van der Waals surface area (Å²) in [5.74, 6) is -1.25. The van der Waals surface area contributed by atoms with Crippen molar-refractivity contribution in [2.45, 2.75) is 6.54 Å². The van der Waals surface area contributed by atoms with Crippen molar-refractivity contribution >= 4 is 39.3 Å². The molecule has 1 saturated heterocycles. The van der Waals surface area contributed by atoms with E-state index < -0.39 is 11.5 Å². The summed E-state index contributed by atoms with van der Waals surface area (Å²) in [6.45, 7) is 2.06. The van der Waals surface area contributed by atoms with Gasteiger partial charge in [-0.2, -0.15) is 4.37 Å². The van der Waals surface area contributed by atoms with Crippen LogP contribution in [-0.4, -0.2) is 56.8 Å². The minimum absolute atomic E-state index is 0.0440. The van der Waals surface area contributed by atoms with Gasteiger partial charge in [0.05, 0.1) is 6.33 Å². The molecule has 0 spiro atoms. The van der Waals surface area contributed by atoms with Crippen molar-refractivity contribution in [3.8, 4) is 0 Å². The van der Waals surface area contributed by atoms with Gasteiger partial charge in [0.1, 0.15) is 22.6 Å². The van der Waals surface area contributed by atoms with Crippen molar-refractivity contribution in [2.24, 2.45) is 5.73 Å². The van der Waals surface area contributed by atoms with E-state index in [2.05, 4.69) is 14.3 Å². The molecule has 0 atom stereocenters. The Morgan fingerprint density at radius 3 is 2.48 bits per heavy atom. The van der Waals surface area contributed by atoms with E-state index in [1.165, 1.54) is 23.0 Å². The van der Waals surface area contributed by atoms with Crippen LogP contribution in [0.3, 0.4) is 0 Å².